The number of thioether (sulfide) groups is 4. The second kappa shape index (κ2) is 5.63. The van der Waals surface area contributed by atoms with Gasteiger partial charge in [-0.15, -0.1) is 0 Å². The average molecular weight is 350 g/mol. The lowest BCUT2D eigenvalue weighted by molar-refractivity contribution is 0.812. The van der Waals surface area contributed by atoms with Gasteiger partial charge < -0.3 is 5.72 Å². The van der Waals surface area contributed by atoms with Gasteiger partial charge in [-0.2, -0.15) is 0 Å². The van der Waals surface area contributed by atoms with Crippen LogP contribution >= 0.6 is 47.0 Å². The standard InChI is InChI=1S/C16H13NS4/c1-9(17)10-6-7-13-14(8-10)21-16(20-13)15-18-11-4-2-3-5-12(11)19-15/h2-9H,17H2,1H3/i/hD2. The van der Waals surface area contributed by atoms with Crippen LogP contribution in [0.25, 0.3) is 0 Å². The van der Waals surface area contributed by atoms with Crippen molar-refractivity contribution in [1.82, 2.24) is 0 Å². The lowest BCUT2D eigenvalue weighted by Crippen LogP contribution is -2.04. The number of hydrogen-bond acceptors (Lipinski definition) is 5. The number of benzene rings is 2. The van der Waals surface area contributed by atoms with Crippen molar-refractivity contribution in [2.75, 3.05) is 0 Å². The molecule has 2 aliphatic rings. The Bertz CT molecular complexity index is 779. The molecule has 21 heavy (non-hydrogen) atoms. The first-order valence-corrected chi connectivity index (χ1v) is 9.84. The fourth-order valence-corrected chi connectivity index (χ4v) is 7.51. The Morgan fingerprint density at radius 2 is 1.43 bits per heavy atom. The minimum absolute atomic E-state index is 0.220. The SMILES string of the molecule is [2H]N([2H])C(C)c1ccc2c(c1)SC(=C1Sc3ccccc3S1)S2. The highest BCUT2D eigenvalue weighted by molar-refractivity contribution is 8.30. The van der Waals surface area contributed by atoms with Gasteiger partial charge in [-0.3, -0.25) is 0 Å². The first-order valence-electron chi connectivity index (χ1n) is 7.47. The molecular weight excluding hydrogens is 334 g/mol. The van der Waals surface area contributed by atoms with Crippen molar-refractivity contribution >= 4 is 47.0 Å². The molecule has 1 nitrogen and oxygen atoms in total. The summed E-state index contributed by atoms with van der Waals surface area (Å²) in [6.45, 7) is 1.88. The van der Waals surface area contributed by atoms with Gasteiger partial charge in [0.05, 0.1) is 8.47 Å². The number of hydrogen-bond donors (Lipinski definition) is 1. The van der Waals surface area contributed by atoms with Gasteiger partial charge >= 0.3 is 0 Å². The van der Waals surface area contributed by atoms with Crippen LogP contribution in [0.4, 0.5) is 0 Å². The van der Waals surface area contributed by atoms with Crippen LogP contribution in [0.2, 0.25) is 2.82 Å². The van der Waals surface area contributed by atoms with Crippen LogP contribution in [-0.4, -0.2) is 0 Å². The van der Waals surface area contributed by atoms with Crippen LogP contribution in [-0.2, 0) is 0 Å². The van der Waals surface area contributed by atoms with E-state index in [9.17, 15) is 0 Å². The molecule has 2 aromatic rings. The molecule has 0 spiro atoms. The van der Waals surface area contributed by atoms with Gasteiger partial charge in [0.1, 0.15) is 2.82 Å². The van der Waals surface area contributed by atoms with Crippen molar-refractivity contribution in [1.29, 1.82) is 0 Å². The van der Waals surface area contributed by atoms with Crippen molar-refractivity contribution < 1.29 is 2.82 Å². The van der Waals surface area contributed by atoms with E-state index in [4.69, 9.17) is 2.82 Å². The molecule has 1 unspecified atom stereocenters. The van der Waals surface area contributed by atoms with Gasteiger partial charge in [0.2, 0.25) is 0 Å². The zero-order valence-electron chi connectivity index (χ0n) is 13.2. The highest BCUT2D eigenvalue weighted by atomic mass is 32.2. The maximum atomic E-state index is 7.44. The first kappa shape index (κ1) is 12.0. The van der Waals surface area contributed by atoms with E-state index in [1.54, 1.807) is 0 Å². The van der Waals surface area contributed by atoms with Crippen molar-refractivity contribution in [2.24, 2.45) is 5.72 Å². The van der Waals surface area contributed by atoms with E-state index in [1.807, 2.05) is 60.0 Å². The van der Waals surface area contributed by atoms with Crippen LogP contribution in [0, 0.1) is 0 Å². The van der Waals surface area contributed by atoms with Gasteiger partial charge in [0.15, 0.2) is 0 Å². The van der Waals surface area contributed by atoms with E-state index < -0.39 is 0 Å². The quantitative estimate of drug-likeness (QED) is 0.725. The van der Waals surface area contributed by atoms with E-state index in [2.05, 4.69) is 36.4 Å². The molecule has 1 atom stereocenters. The molecular formula is C16H13NS4. The van der Waals surface area contributed by atoms with Crippen molar-refractivity contribution in [2.45, 2.75) is 32.5 Å². The molecule has 2 aromatic carbocycles. The maximum absolute atomic E-state index is 7.44. The minimum atomic E-state index is -0.220. The molecule has 0 aromatic heterocycles. The molecule has 0 fully saturated rings. The lowest BCUT2D eigenvalue weighted by atomic mass is 10.1. The predicted molar refractivity (Wildman–Crippen MR) is 95.9 cm³/mol. The Kier molecular flexibility index (Phi) is 3.22. The van der Waals surface area contributed by atoms with Crippen molar-refractivity contribution in [3.8, 4) is 0 Å². The monoisotopic (exact) mass is 349 g/mol. The number of rotatable bonds is 2. The molecule has 4 rings (SSSR count). The highest BCUT2D eigenvalue weighted by Crippen LogP contribution is 2.61. The summed E-state index contributed by atoms with van der Waals surface area (Å²) in [5, 5.41) is 0. The van der Waals surface area contributed by atoms with Crippen LogP contribution in [0.15, 0.2) is 70.5 Å². The third kappa shape index (κ3) is 2.66. The van der Waals surface area contributed by atoms with Crippen LogP contribution in [0.1, 0.15) is 18.5 Å². The van der Waals surface area contributed by atoms with Gasteiger partial charge in [-0.05, 0) is 36.8 Å². The summed E-state index contributed by atoms with van der Waals surface area (Å²) < 4.78 is 17.6. The molecule has 0 bridgehead atoms. The summed E-state index contributed by atoms with van der Waals surface area (Å²) in [6.07, 6.45) is 0. The molecule has 2 heterocycles. The average Bonchev–Trinajstić information content (AvgIpc) is 3.16. The molecule has 2 N–H and O–H groups in total. The summed E-state index contributed by atoms with van der Waals surface area (Å²) in [5.74, 6) is 0. The van der Waals surface area contributed by atoms with Crippen LogP contribution in [0.5, 0.6) is 0 Å². The fourth-order valence-electron chi connectivity index (χ4n) is 2.18. The maximum Gasteiger partial charge on any atom is 0.119 e. The van der Waals surface area contributed by atoms with E-state index in [0.29, 0.717) is 0 Å². The Morgan fingerprint density at radius 1 is 0.857 bits per heavy atom. The van der Waals surface area contributed by atoms with Gasteiger partial charge in [0.25, 0.3) is 0 Å². The molecule has 5 heteroatoms. The summed E-state index contributed by atoms with van der Waals surface area (Å²) >= 11 is 7.34. The molecule has 0 saturated carbocycles. The van der Waals surface area contributed by atoms with E-state index >= 15 is 0 Å². The van der Waals surface area contributed by atoms with Crippen molar-refractivity contribution in [3.05, 3.63) is 56.5 Å². The Morgan fingerprint density at radius 3 is 2.05 bits per heavy atom. The van der Waals surface area contributed by atoms with Gasteiger partial charge in [0, 0.05) is 25.6 Å². The zero-order chi connectivity index (χ0) is 16.0. The smallest absolute Gasteiger partial charge is 0.119 e. The number of nitrogens with two attached hydrogens (primary N) is 1. The molecule has 0 radical (unpaired) electrons. The van der Waals surface area contributed by atoms with Crippen LogP contribution < -0.4 is 5.72 Å². The summed E-state index contributed by atoms with van der Waals surface area (Å²) in [7, 11) is 0. The minimum Gasteiger partial charge on any atom is -0.324 e. The molecule has 0 saturated heterocycles. The molecule has 0 amide bonds. The zero-order valence-corrected chi connectivity index (χ0v) is 14.5. The Balaban J connectivity index is 1.60. The second-order valence-electron chi connectivity index (χ2n) is 4.81. The van der Waals surface area contributed by atoms with Crippen molar-refractivity contribution in [3.63, 3.8) is 0 Å². The summed E-state index contributed by atoms with van der Waals surface area (Å²) in [4.78, 5) is 5.18. The predicted octanol–water partition coefficient (Wildman–Crippen LogP) is 5.93. The summed E-state index contributed by atoms with van der Waals surface area (Å²) in [5.41, 5.74) is 1.77. The Hall–Kier alpha value is -0.460. The normalized spacial score (nSPS) is 19.3. The molecule has 0 aliphatic carbocycles. The van der Waals surface area contributed by atoms with Crippen LogP contribution in [0.3, 0.4) is 0 Å². The third-order valence-corrected chi connectivity index (χ3v) is 8.90. The van der Waals surface area contributed by atoms with E-state index in [-0.39, 0.29) is 6.04 Å². The van der Waals surface area contributed by atoms with E-state index in [0.717, 1.165) is 11.3 Å². The largest absolute Gasteiger partial charge is 0.324 e. The van der Waals surface area contributed by atoms with Gasteiger partial charge in [-0.1, -0.05) is 65.2 Å². The summed E-state index contributed by atoms with van der Waals surface area (Å²) in [6, 6.07) is 14.6. The lowest BCUT2D eigenvalue weighted by Gasteiger charge is -2.06. The Labute approximate surface area is 144 Å². The fraction of sp³-hybridized carbons (Fsp3) is 0.125. The highest BCUT2D eigenvalue weighted by Gasteiger charge is 2.26. The molecule has 2 aliphatic heterocycles. The molecule has 106 valence electrons. The third-order valence-electron chi connectivity index (χ3n) is 3.28. The number of fused-ring (bicyclic) bond motifs is 2. The van der Waals surface area contributed by atoms with E-state index in [1.165, 1.54) is 28.1 Å². The van der Waals surface area contributed by atoms with Gasteiger partial charge in [-0.25, -0.2) is 0 Å². The first-order chi connectivity index (χ1) is 11.1. The topological polar surface area (TPSA) is 26.0 Å². The second-order valence-corrected chi connectivity index (χ2v) is 9.54.